The van der Waals surface area contributed by atoms with Crippen LogP contribution in [0.5, 0.6) is 0 Å². The summed E-state index contributed by atoms with van der Waals surface area (Å²) in [6.45, 7) is 1.85. The number of hydrogen-bond donors (Lipinski definition) is 0. The summed E-state index contributed by atoms with van der Waals surface area (Å²) in [5, 5.41) is 0. The van der Waals surface area contributed by atoms with Crippen LogP contribution in [0, 0.1) is 12.7 Å². The zero-order valence-electron chi connectivity index (χ0n) is 10.5. The maximum atomic E-state index is 13.3. The van der Waals surface area contributed by atoms with Gasteiger partial charge in [0, 0.05) is 16.2 Å². The molecule has 0 amide bonds. The van der Waals surface area contributed by atoms with Crippen molar-refractivity contribution >= 4 is 17.5 Å². The van der Waals surface area contributed by atoms with Crippen LogP contribution in [-0.4, -0.2) is 11.5 Å². The number of carbonyl (C=O) groups excluding carboxylic acids is 1. The molecule has 96 valence electrons. The van der Waals surface area contributed by atoms with Crippen LogP contribution in [0.2, 0.25) is 0 Å². The first kappa shape index (κ1) is 12.4. The lowest BCUT2D eigenvalue weighted by atomic mass is 9.90. The number of fused-ring (bicyclic) bond motifs is 1. The Morgan fingerprint density at radius 3 is 2.89 bits per heavy atom. The van der Waals surface area contributed by atoms with Gasteiger partial charge in [0.2, 0.25) is 0 Å². The Balaban J connectivity index is 2.00. The SMILES string of the molecule is Cc1ccc(F)cc1C(=O)C1CSc2ccccc21. The summed E-state index contributed by atoms with van der Waals surface area (Å²) in [5.41, 5.74) is 2.41. The number of thioether (sulfide) groups is 1. The Hall–Kier alpha value is -1.61. The molecule has 2 aromatic rings. The number of rotatable bonds is 2. The highest BCUT2D eigenvalue weighted by Gasteiger charge is 2.30. The van der Waals surface area contributed by atoms with Crippen molar-refractivity contribution in [2.45, 2.75) is 17.7 Å². The summed E-state index contributed by atoms with van der Waals surface area (Å²) in [6.07, 6.45) is 0. The molecule has 1 heterocycles. The molecule has 0 spiro atoms. The number of carbonyl (C=O) groups is 1. The second-order valence-corrected chi connectivity index (χ2v) is 5.79. The minimum Gasteiger partial charge on any atom is -0.293 e. The minimum atomic E-state index is -0.354. The maximum Gasteiger partial charge on any atom is 0.171 e. The third-order valence-corrected chi connectivity index (χ3v) is 4.66. The van der Waals surface area contributed by atoms with Crippen molar-refractivity contribution in [1.82, 2.24) is 0 Å². The molecule has 19 heavy (non-hydrogen) atoms. The second-order valence-electron chi connectivity index (χ2n) is 4.72. The van der Waals surface area contributed by atoms with E-state index in [4.69, 9.17) is 0 Å². The molecule has 0 saturated heterocycles. The zero-order chi connectivity index (χ0) is 13.4. The lowest BCUT2D eigenvalue weighted by Crippen LogP contribution is -2.14. The van der Waals surface area contributed by atoms with Gasteiger partial charge in [0.15, 0.2) is 5.78 Å². The first-order valence-corrected chi connectivity index (χ1v) is 7.17. The van der Waals surface area contributed by atoms with Crippen molar-refractivity contribution in [2.75, 3.05) is 5.75 Å². The van der Waals surface area contributed by atoms with Gasteiger partial charge in [-0.3, -0.25) is 4.79 Å². The van der Waals surface area contributed by atoms with Gasteiger partial charge in [0.1, 0.15) is 5.82 Å². The predicted octanol–water partition coefficient (Wildman–Crippen LogP) is 4.21. The van der Waals surface area contributed by atoms with Crippen molar-refractivity contribution in [3.05, 3.63) is 65.0 Å². The molecule has 3 heteroatoms. The fourth-order valence-corrected chi connectivity index (χ4v) is 3.66. The van der Waals surface area contributed by atoms with E-state index in [0.717, 1.165) is 21.8 Å². The number of halogens is 1. The van der Waals surface area contributed by atoms with E-state index in [2.05, 4.69) is 0 Å². The van der Waals surface area contributed by atoms with Crippen LogP contribution in [0.25, 0.3) is 0 Å². The summed E-state index contributed by atoms with van der Waals surface area (Å²) >= 11 is 1.69. The monoisotopic (exact) mass is 272 g/mol. The van der Waals surface area contributed by atoms with Gasteiger partial charge in [-0.2, -0.15) is 0 Å². The van der Waals surface area contributed by atoms with Crippen LogP contribution < -0.4 is 0 Å². The topological polar surface area (TPSA) is 17.1 Å². The normalized spacial score (nSPS) is 17.3. The van der Waals surface area contributed by atoms with E-state index in [9.17, 15) is 9.18 Å². The zero-order valence-corrected chi connectivity index (χ0v) is 11.3. The van der Waals surface area contributed by atoms with Gasteiger partial charge in [-0.25, -0.2) is 4.39 Å². The fourth-order valence-electron chi connectivity index (χ4n) is 2.43. The lowest BCUT2D eigenvalue weighted by Gasteiger charge is -2.11. The first-order chi connectivity index (χ1) is 9.16. The van der Waals surface area contributed by atoms with E-state index in [1.807, 2.05) is 31.2 Å². The van der Waals surface area contributed by atoms with Gasteiger partial charge in [-0.05, 0) is 36.2 Å². The smallest absolute Gasteiger partial charge is 0.171 e. The average Bonchev–Trinajstić information content (AvgIpc) is 2.84. The van der Waals surface area contributed by atoms with Crippen LogP contribution in [0.3, 0.4) is 0 Å². The molecule has 1 unspecified atom stereocenters. The first-order valence-electron chi connectivity index (χ1n) is 6.19. The van der Waals surface area contributed by atoms with Gasteiger partial charge in [0.05, 0.1) is 5.92 Å². The van der Waals surface area contributed by atoms with E-state index in [1.54, 1.807) is 17.8 Å². The molecule has 0 saturated carbocycles. The van der Waals surface area contributed by atoms with Gasteiger partial charge < -0.3 is 0 Å². The molecule has 1 aliphatic heterocycles. The highest BCUT2D eigenvalue weighted by atomic mass is 32.2. The number of aryl methyl sites for hydroxylation is 1. The minimum absolute atomic E-state index is 0.0226. The molecule has 1 nitrogen and oxygen atoms in total. The standard InChI is InChI=1S/C16H13FOS/c1-10-6-7-11(17)8-13(10)16(18)14-9-19-15-5-3-2-4-12(14)15/h2-8,14H,9H2,1H3. The summed E-state index contributed by atoms with van der Waals surface area (Å²) in [5.74, 6) is 0.262. The molecule has 0 aromatic heterocycles. The Morgan fingerprint density at radius 1 is 1.26 bits per heavy atom. The van der Waals surface area contributed by atoms with Crippen molar-refractivity contribution in [3.63, 3.8) is 0 Å². The summed E-state index contributed by atoms with van der Waals surface area (Å²) in [6, 6.07) is 12.4. The fraction of sp³-hybridized carbons (Fsp3) is 0.188. The lowest BCUT2D eigenvalue weighted by molar-refractivity contribution is 0.0967. The van der Waals surface area contributed by atoms with E-state index in [-0.39, 0.29) is 17.5 Å². The van der Waals surface area contributed by atoms with E-state index in [0.29, 0.717) is 5.56 Å². The Kier molecular flexibility index (Phi) is 3.15. The summed E-state index contributed by atoms with van der Waals surface area (Å²) < 4.78 is 13.3. The van der Waals surface area contributed by atoms with Crippen molar-refractivity contribution < 1.29 is 9.18 Å². The number of ketones is 1. The van der Waals surface area contributed by atoms with Crippen LogP contribution in [0.15, 0.2) is 47.4 Å². The van der Waals surface area contributed by atoms with Crippen LogP contribution in [0.1, 0.15) is 27.4 Å². The van der Waals surface area contributed by atoms with Crippen molar-refractivity contribution in [3.8, 4) is 0 Å². The second kappa shape index (κ2) is 4.82. The molecule has 0 radical (unpaired) electrons. The number of Topliss-reactive ketones (excluding diaryl/α,β-unsaturated/α-hetero) is 1. The molecule has 1 atom stereocenters. The third kappa shape index (κ3) is 2.19. The van der Waals surface area contributed by atoms with E-state index in [1.165, 1.54) is 12.1 Å². The van der Waals surface area contributed by atoms with Gasteiger partial charge in [-0.15, -0.1) is 11.8 Å². The van der Waals surface area contributed by atoms with Crippen molar-refractivity contribution in [1.29, 1.82) is 0 Å². The Labute approximate surface area is 115 Å². The molecule has 0 aliphatic carbocycles. The Morgan fingerprint density at radius 2 is 2.05 bits per heavy atom. The quantitative estimate of drug-likeness (QED) is 0.762. The van der Waals surface area contributed by atoms with Crippen molar-refractivity contribution in [2.24, 2.45) is 0 Å². The number of benzene rings is 2. The average molecular weight is 272 g/mol. The molecular weight excluding hydrogens is 259 g/mol. The molecular formula is C16H13FOS. The largest absolute Gasteiger partial charge is 0.293 e. The van der Waals surface area contributed by atoms with Crippen LogP contribution >= 0.6 is 11.8 Å². The van der Waals surface area contributed by atoms with Crippen LogP contribution in [0.4, 0.5) is 4.39 Å². The highest BCUT2D eigenvalue weighted by Crippen LogP contribution is 2.41. The maximum absolute atomic E-state index is 13.3. The molecule has 1 aliphatic rings. The molecule has 0 N–H and O–H groups in total. The Bertz CT molecular complexity index is 651. The highest BCUT2D eigenvalue weighted by molar-refractivity contribution is 7.99. The predicted molar refractivity (Wildman–Crippen MR) is 75.4 cm³/mol. The van der Waals surface area contributed by atoms with Crippen LogP contribution in [-0.2, 0) is 0 Å². The summed E-state index contributed by atoms with van der Waals surface area (Å²) in [7, 11) is 0. The number of hydrogen-bond acceptors (Lipinski definition) is 2. The molecule has 3 rings (SSSR count). The molecule has 2 aromatic carbocycles. The van der Waals surface area contributed by atoms with Gasteiger partial charge in [0.25, 0.3) is 0 Å². The molecule has 0 fully saturated rings. The summed E-state index contributed by atoms with van der Waals surface area (Å²) in [4.78, 5) is 13.8. The van der Waals surface area contributed by atoms with Gasteiger partial charge in [-0.1, -0.05) is 24.3 Å². The van der Waals surface area contributed by atoms with E-state index < -0.39 is 0 Å². The molecule has 0 bridgehead atoms. The third-order valence-electron chi connectivity index (χ3n) is 3.48. The van der Waals surface area contributed by atoms with Gasteiger partial charge >= 0.3 is 0 Å². The van der Waals surface area contributed by atoms with E-state index >= 15 is 0 Å².